The lowest BCUT2D eigenvalue weighted by atomic mass is 10.4. The second kappa shape index (κ2) is 6.39. The van der Waals surface area contributed by atoms with E-state index in [0.717, 1.165) is 18.0 Å². The smallest absolute Gasteiger partial charge is 0.320 e. The summed E-state index contributed by atoms with van der Waals surface area (Å²) in [6.07, 6.45) is 0. The maximum atomic E-state index is 11.4. The minimum Gasteiger partial charge on any atom is -0.465 e. The zero-order chi connectivity index (χ0) is 12.8. The molecule has 5 heteroatoms. The lowest BCUT2D eigenvalue weighted by Crippen LogP contribution is -2.30. The molecule has 1 rings (SSSR count). The fourth-order valence-corrected chi connectivity index (χ4v) is 1.47. The summed E-state index contributed by atoms with van der Waals surface area (Å²) >= 11 is 0. The van der Waals surface area contributed by atoms with Crippen molar-refractivity contribution in [3.8, 4) is 0 Å². The van der Waals surface area contributed by atoms with Crippen LogP contribution >= 0.6 is 0 Å². The Kier molecular flexibility index (Phi) is 5.15. The molecule has 0 atom stereocenters. The Bertz CT molecular complexity index is 354. The topological polar surface area (TPSA) is 55.6 Å². The number of carbonyl (C=O) groups excluding carboxylic acids is 1. The van der Waals surface area contributed by atoms with E-state index in [1.807, 2.05) is 25.7 Å². The van der Waals surface area contributed by atoms with Gasteiger partial charge in [0, 0.05) is 0 Å². The molecule has 0 saturated carbocycles. The van der Waals surface area contributed by atoms with Crippen molar-refractivity contribution in [3.63, 3.8) is 0 Å². The van der Waals surface area contributed by atoms with E-state index in [1.165, 1.54) is 0 Å². The summed E-state index contributed by atoms with van der Waals surface area (Å²) in [5.41, 5.74) is 0.896. The van der Waals surface area contributed by atoms with Crippen LogP contribution in [0.2, 0.25) is 0 Å². The maximum Gasteiger partial charge on any atom is 0.320 e. The van der Waals surface area contributed by atoms with Gasteiger partial charge in [-0.25, -0.2) is 4.98 Å². The van der Waals surface area contributed by atoms with E-state index in [0.29, 0.717) is 19.0 Å². The number of likely N-dealkylation sites (N-methyl/N-ethyl adjacent to an activating group) is 1. The van der Waals surface area contributed by atoms with Gasteiger partial charge >= 0.3 is 5.97 Å². The molecule has 0 unspecified atom stereocenters. The molecule has 0 N–H and O–H groups in total. The van der Waals surface area contributed by atoms with E-state index < -0.39 is 0 Å². The summed E-state index contributed by atoms with van der Waals surface area (Å²) < 4.78 is 10.4. The number of ether oxygens (including phenoxy) is 1. The Balaban J connectivity index is 2.54. The fraction of sp³-hybridized carbons (Fsp3) is 0.667. The third kappa shape index (κ3) is 4.19. The van der Waals surface area contributed by atoms with Crippen LogP contribution in [0.4, 0.5) is 0 Å². The van der Waals surface area contributed by atoms with Crippen LogP contribution in [0.1, 0.15) is 31.2 Å². The van der Waals surface area contributed by atoms with E-state index in [-0.39, 0.29) is 12.5 Å². The highest BCUT2D eigenvalue weighted by molar-refractivity contribution is 5.71. The number of nitrogens with zero attached hydrogens (tertiary/aromatic N) is 2. The molecular weight excluding hydrogens is 220 g/mol. The summed E-state index contributed by atoms with van der Waals surface area (Å²) in [6, 6.07) is 0. The number of aromatic nitrogens is 1. The quantitative estimate of drug-likeness (QED) is 0.708. The van der Waals surface area contributed by atoms with Crippen molar-refractivity contribution in [3.05, 3.63) is 17.3 Å². The molecule has 17 heavy (non-hydrogen) atoms. The first-order valence-corrected chi connectivity index (χ1v) is 5.87. The Labute approximate surface area is 102 Å². The molecule has 0 radical (unpaired) electrons. The normalized spacial score (nSPS) is 10.9. The molecular formula is C12H20N2O3. The van der Waals surface area contributed by atoms with Gasteiger partial charge in [-0.05, 0) is 27.3 Å². The molecule has 1 heterocycles. The van der Waals surface area contributed by atoms with Gasteiger partial charge in [-0.3, -0.25) is 9.69 Å². The average Bonchev–Trinajstić information content (AvgIpc) is 2.57. The first kappa shape index (κ1) is 13.7. The van der Waals surface area contributed by atoms with Gasteiger partial charge in [0.2, 0.25) is 5.89 Å². The van der Waals surface area contributed by atoms with Gasteiger partial charge in [0.15, 0.2) is 0 Å². The second-order valence-corrected chi connectivity index (χ2v) is 3.86. The van der Waals surface area contributed by atoms with Crippen molar-refractivity contribution in [2.45, 2.75) is 34.2 Å². The molecule has 0 aromatic carbocycles. The molecule has 0 fully saturated rings. The SMILES string of the molecule is CCOC(=O)CN(CC)Cc1nc(C)c(C)o1. The van der Waals surface area contributed by atoms with Crippen molar-refractivity contribution >= 4 is 5.97 Å². The van der Waals surface area contributed by atoms with E-state index in [1.54, 1.807) is 6.92 Å². The number of hydrogen-bond acceptors (Lipinski definition) is 5. The van der Waals surface area contributed by atoms with Crippen LogP contribution in [0.25, 0.3) is 0 Å². The zero-order valence-corrected chi connectivity index (χ0v) is 10.9. The molecule has 0 aliphatic carbocycles. The van der Waals surface area contributed by atoms with E-state index in [4.69, 9.17) is 9.15 Å². The lowest BCUT2D eigenvalue weighted by Gasteiger charge is -2.16. The molecule has 1 aromatic heterocycles. The van der Waals surface area contributed by atoms with Crippen molar-refractivity contribution in [2.24, 2.45) is 0 Å². The monoisotopic (exact) mass is 240 g/mol. The molecule has 0 aliphatic heterocycles. The maximum absolute atomic E-state index is 11.4. The lowest BCUT2D eigenvalue weighted by molar-refractivity contribution is -0.144. The van der Waals surface area contributed by atoms with Crippen LogP contribution in [-0.2, 0) is 16.1 Å². The molecule has 0 saturated heterocycles. The van der Waals surface area contributed by atoms with Crippen LogP contribution in [-0.4, -0.2) is 35.5 Å². The number of aryl methyl sites for hydroxylation is 2. The van der Waals surface area contributed by atoms with Gasteiger partial charge in [0.1, 0.15) is 5.76 Å². The molecule has 0 amide bonds. The first-order valence-electron chi connectivity index (χ1n) is 5.87. The molecule has 1 aromatic rings. The zero-order valence-electron chi connectivity index (χ0n) is 10.9. The Hall–Kier alpha value is -1.36. The second-order valence-electron chi connectivity index (χ2n) is 3.86. The molecule has 0 spiro atoms. The molecule has 0 bridgehead atoms. The van der Waals surface area contributed by atoms with Crippen LogP contribution in [0.15, 0.2) is 4.42 Å². The Morgan fingerprint density at radius 3 is 2.59 bits per heavy atom. The summed E-state index contributed by atoms with van der Waals surface area (Å²) in [5.74, 6) is 1.26. The highest BCUT2D eigenvalue weighted by atomic mass is 16.5. The minimum atomic E-state index is -0.214. The van der Waals surface area contributed by atoms with Crippen molar-refractivity contribution in [2.75, 3.05) is 19.7 Å². The van der Waals surface area contributed by atoms with Gasteiger partial charge in [-0.1, -0.05) is 6.92 Å². The highest BCUT2D eigenvalue weighted by Gasteiger charge is 2.14. The van der Waals surface area contributed by atoms with Crippen molar-refractivity contribution in [1.29, 1.82) is 0 Å². The van der Waals surface area contributed by atoms with Crippen molar-refractivity contribution in [1.82, 2.24) is 9.88 Å². The number of esters is 1. The third-order valence-corrected chi connectivity index (χ3v) is 2.54. The van der Waals surface area contributed by atoms with Crippen LogP contribution in [0, 0.1) is 13.8 Å². The van der Waals surface area contributed by atoms with E-state index in [9.17, 15) is 4.79 Å². The molecule has 96 valence electrons. The van der Waals surface area contributed by atoms with Crippen LogP contribution < -0.4 is 0 Å². The average molecular weight is 240 g/mol. The summed E-state index contributed by atoms with van der Waals surface area (Å²) in [7, 11) is 0. The fourth-order valence-electron chi connectivity index (χ4n) is 1.47. The summed E-state index contributed by atoms with van der Waals surface area (Å²) in [6.45, 7) is 9.54. The highest BCUT2D eigenvalue weighted by Crippen LogP contribution is 2.10. The van der Waals surface area contributed by atoms with Gasteiger partial charge in [0.25, 0.3) is 0 Å². The van der Waals surface area contributed by atoms with Gasteiger partial charge in [-0.15, -0.1) is 0 Å². The van der Waals surface area contributed by atoms with Gasteiger partial charge < -0.3 is 9.15 Å². The summed E-state index contributed by atoms with van der Waals surface area (Å²) in [4.78, 5) is 17.6. The Morgan fingerprint density at radius 1 is 1.41 bits per heavy atom. The van der Waals surface area contributed by atoms with E-state index >= 15 is 0 Å². The van der Waals surface area contributed by atoms with Gasteiger partial charge in [-0.2, -0.15) is 0 Å². The predicted octanol–water partition coefficient (Wildman–Crippen LogP) is 1.68. The van der Waals surface area contributed by atoms with Crippen LogP contribution in [0.3, 0.4) is 0 Å². The van der Waals surface area contributed by atoms with Crippen molar-refractivity contribution < 1.29 is 13.9 Å². The first-order chi connectivity index (χ1) is 8.06. The molecule has 5 nitrogen and oxygen atoms in total. The standard InChI is InChI=1S/C12H20N2O3/c1-5-14(8-12(15)16-6-2)7-11-13-9(3)10(4)17-11/h5-8H2,1-4H3. The largest absolute Gasteiger partial charge is 0.465 e. The predicted molar refractivity (Wildman–Crippen MR) is 63.6 cm³/mol. The van der Waals surface area contributed by atoms with Gasteiger partial charge in [0.05, 0.1) is 25.4 Å². The Morgan fingerprint density at radius 2 is 2.12 bits per heavy atom. The number of hydrogen-bond donors (Lipinski definition) is 0. The molecule has 0 aliphatic rings. The number of oxazole rings is 1. The number of carbonyl (C=O) groups is 1. The van der Waals surface area contributed by atoms with E-state index in [2.05, 4.69) is 4.98 Å². The third-order valence-electron chi connectivity index (χ3n) is 2.54. The minimum absolute atomic E-state index is 0.214. The van der Waals surface area contributed by atoms with Crippen LogP contribution in [0.5, 0.6) is 0 Å². The summed E-state index contributed by atoms with van der Waals surface area (Å²) in [5, 5.41) is 0. The number of rotatable bonds is 6.